The Hall–Kier alpha value is -3.11. The van der Waals surface area contributed by atoms with Crippen LogP contribution < -0.4 is 10.1 Å². The Morgan fingerprint density at radius 3 is 2.77 bits per heavy atom. The van der Waals surface area contributed by atoms with Crippen LogP contribution in [0.4, 0.5) is 0 Å². The highest BCUT2D eigenvalue weighted by molar-refractivity contribution is 5.87. The van der Waals surface area contributed by atoms with Crippen LogP contribution in [0.25, 0.3) is 0 Å². The maximum Gasteiger partial charge on any atom is 0.333 e. The predicted octanol–water partition coefficient (Wildman–Crippen LogP) is 0.895. The summed E-state index contributed by atoms with van der Waals surface area (Å²) >= 11 is 0. The molecule has 10 nitrogen and oxygen atoms in total. The Balaban J connectivity index is 1.42. The first kappa shape index (κ1) is 23.6. The van der Waals surface area contributed by atoms with Crippen molar-refractivity contribution in [2.24, 2.45) is 11.8 Å². The minimum Gasteiger partial charge on any atom is -0.504 e. The quantitative estimate of drug-likeness (QED) is 0.367. The number of ether oxygens (including phenoxy) is 2. The van der Waals surface area contributed by atoms with Crippen LogP contribution in [0.2, 0.25) is 0 Å². The summed E-state index contributed by atoms with van der Waals surface area (Å²) in [6.07, 6.45) is 0.633. The van der Waals surface area contributed by atoms with Crippen LogP contribution in [0.3, 0.4) is 0 Å². The fourth-order valence-electron chi connectivity index (χ4n) is 6.64. The first-order valence-electron chi connectivity index (χ1n) is 11.9. The maximum absolute atomic E-state index is 12.8. The summed E-state index contributed by atoms with van der Waals surface area (Å²) in [4.78, 5) is 35.6. The molecule has 1 aliphatic heterocycles. The number of carboxylic acids is 1. The van der Waals surface area contributed by atoms with Crippen LogP contribution in [-0.2, 0) is 31.0 Å². The summed E-state index contributed by atoms with van der Waals surface area (Å²) in [7, 11) is 0. The molecule has 1 aromatic carbocycles. The summed E-state index contributed by atoms with van der Waals surface area (Å²) in [6, 6.07) is 2.34. The summed E-state index contributed by atoms with van der Waals surface area (Å²) in [5.41, 5.74) is -0.177. The van der Waals surface area contributed by atoms with Crippen LogP contribution >= 0.6 is 0 Å². The van der Waals surface area contributed by atoms with Crippen LogP contribution in [0, 0.1) is 11.8 Å². The fraction of sp³-hybridized carbons (Fsp3) is 0.560. The fourth-order valence-corrected chi connectivity index (χ4v) is 6.64. The van der Waals surface area contributed by atoms with Gasteiger partial charge in [-0.3, -0.25) is 4.79 Å². The highest BCUT2D eigenvalue weighted by atomic mass is 16.6. The van der Waals surface area contributed by atoms with Crippen molar-refractivity contribution in [3.63, 3.8) is 0 Å². The van der Waals surface area contributed by atoms with Gasteiger partial charge in [-0.1, -0.05) is 13.0 Å². The molecule has 0 aromatic heterocycles. The van der Waals surface area contributed by atoms with Gasteiger partial charge >= 0.3 is 11.9 Å². The molecule has 7 atom stereocenters. The molecule has 2 bridgehead atoms. The molecule has 1 heterocycles. The highest BCUT2D eigenvalue weighted by Crippen LogP contribution is 2.68. The molecular weight excluding hydrogens is 458 g/mol. The molecule has 1 saturated carbocycles. The molecular formula is C25H29NO9. The Bertz CT molecular complexity index is 1150. The van der Waals surface area contributed by atoms with Crippen LogP contribution in [0.1, 0.15) is 50.7 Å². The number of carboxylic acid groups (broad SMARTS) is 1. The number of aliphatic hydroxyl groups excluding tert-OH is 1. The molecule has 0 saturated heterocycles. The Morgan fingerprint density at radius 1 is 1.31 bits per heavy atom. The van der Waals surface area contributed by atoms with Gasteiger partial charge in [-0.05, 0) is 62.1 Å². The van der Waals surface area contributed by atoms with E-state index in [1.54, 1.807) is 12.1 Å². The van der Waals surface area contributed by atoms with E-state index in [1.165, 1.54) is 6.92 Å². The molecule has 1 aromatic rings. The summed E-state index contributed by atoms with van der Waals surface area (Å²) in [5, 5.41) is 43.1. The van der Waals surface area contributed by atoms with Crippen molar-refractivity contribution in [2.75, 3.05) is 0 Å². The number of rotatable bonds is 6. The molecule has 1 spiro atoms. The molecule has 1 amide bonds. The van der Waals surface area contributed by atoms with Crippen LogP contribution in [0.5, 0.6) is 11.5 Å². The smallest absolute Gasteiger partial charge is 0.333 e. The first-order chi connectivity index (χ1) is 16.5. The van der Waals surface area contributed by atoms with Gasteiger partial charge in [0.15, 0.2) is 23.7 Å². The first-order valence-corrected chi connectivity index (χ1v) is 11.9. The molecule has 3 aliphatic carbocycles. The lowest BCUT2D eigenvalue weighted by molar-refractivity contribution is -0.171. The molecule has 5 N–H and O–H groups in total. The van der Waals surface area contributed by atoms with E-state index in [9.17, 15) is 29.7 Å². The lowest BCUT2D eigenvalue weighted by Gasteiger charge is -2.61. The summed E-state index contributed by atoms with van der Waals surface area (Å²) in [5.74, 6) is -2.39. The second kappa shape index (κ2) is 7.96. The zero-order valence-electron chi connectivity index (χ0n) is 19.5. The summed E-state index contributed by atoms with van der Waals surface area (Å²) < 4.78 is 11.9. The standard InChI is InChI=1S/C25H29NO9/c1-11-5-7-24-19-13-3-4-15(27)20(19)35-21(24)17(6-8-25(24,33)14(11)9-13)34-23(32)12(2)26-18(29)10-16(28)22(30)31/h3-4,6,11-12,14,16,21,27-28,33H,5,7-10H2,1-2H3,(H,26,29)(H,30,31)/t11?,12-,14-,16-,21-,24-,25+/m0/s1. The third-order valence-corrected chi connectivity index (χ3v) is 8.35. The van der Waals surface area contributed by atoms with Gasteiger partial charge in [-0.25, -0.2) is 9.59 Å². The number of phenols is 1. The van der Waals surface area contributed by atoms with E-state index in [2.05, 4.69) is 12.2 Å². The third kappa shape index (κ3) is 3.26. The normalized spacial score (nSPS) is 33.5. The lowest BCUT2D eigenvalue weighted by Crippen LogP contribution is -2.69. The molecule has 5 rings (SSSR count). The zero-order chi connectivity index (χ0) is 25.3. The number of amides is 1. The van der Waals surface area contributed by atoms with Gasteiger partial charge in [0, 0.05) is 5.56 Å². The third-order valence-electron chi connectivity index (χ3n) is 8.35. The largest absolute Gasteiger partial charge is 0.504 e. The van der Waals surface area contributed by atoms with Gasteiger partial charge in [0.05, 0.1) is 17.4 Å². The molecule has 1 unspecified atom stereocenters. The molecule has 0 radical (unpaired) electrons. The number of hydrogen-bond acceptors (Lipinski definition) is 8. The molecule has 4 aliphatic rings. The molecule has 35 heavy (non-hydrogen) atoms. The van der Waals surface area contributed by atoms with Gasteiger partial charge in [0.25, 0.3) is 0 Å². The predicted molar refractivity (Wildman–Crippen MR) is 119 cm³/mol. The van der Waals surface area contributed by atoms with Crippen molar-refractivity contribution in [3.8, 4) is 11.5 Å². The average molecular weight is 488 g/mol. The van der Waals surface area contributed by atoms with E-state index >= 15 is 0 Å². The second-order valence-electron chi connectivity index (χ2n) is 10.2. The number of carbonyl (C=O) groups is 3. The minimum absolute atomic E-state index is 0.0160. The zero-order valence-corrected chi connectivity index (χ0v) is 19.5. The second-order valence-corrected chi connectivity index (χ2v) is 10.2. The van der Waals surface area contributed by atoms with Crippen LogP contribution in [-0.4, -0.2) is 62.1 Å². The van der Waals surface area contributed by atoms with Crippen molar-refractivity contribution < 1.29 is 44.3 Å². The van der Waals surface area contributed by atoms with Gasteiger partial charge in [-0.15, -0.1) is 0 Å². The Kier molecular flexibility index (Phi) is 5.37. The molecule has 10 heteroatoms. The van der Waals surface area contributed by atoms with E-state index in [-0.39, 0.29) is 29.8 Å². The number of hydrogen-bond donors (Lipinski definition) is 5. The highest BCUT2D eigenvalue weighted by Gasteiger charge is 2.72. The Morgan fingerprint density at radius 2 is 2.06 bits per heavy atom. The van der Waals surface area contributed by atoms with Gasteiger partial charge in [0.2, 0.25) is 5.91 Å². The molecule has 188 valence electrons. The van der Waals surface area contributed by atoms with Crippen molar-refractivity contribution >= 4 is 17.8 Å². The van der Waals surface area contributed by atoms with Crippen molar-refractivity contribution in [1.29, 1.82) is 0 Å². The van der Waals surface area contributed by atoms with E-state index in [4.69, 9.17) is 14.6 Å². The lowest BCUT2D eigenvalue weighted by atomic mass is 9.45. The van der Waals surface area contributed by atoms with Gasteiger partial charge in [-0.2, -0.15) is 0 Å². The Labute approximate surface area is 201 Å². The van der Waals surface area contributed by atoms with E-state index < -0.39 is 53.5 Å². The van der Waals surface area contributed by atoms with E-state index in [0.717, 1.165) is 17.5 Å². The topological polar surface area (TPSA) is 163 Å². The monoisotopic (exact) mass is 487 g/mol. The summed E-state index contributed by atoms with van der Waals surface area (Å²) in [6.45, 7) is 3.52. The molecule has 1 fully saturated rings. The maximum atomic E-state index is 12.8. The van der Waals surface area contributed by atoms with Crippen molar-refractivity contribution in [2.45, 2.75) is 75.2 Å². The number of esters is 1. The number of aliphatic carboxylic acids is 1. The van der Waals surface area contributed by atoms with E-state index in [1.807, 2.05) is 6.07 Å². The van der Waals surface area contributed by atoms with Crippen molar-refractivity contribution in [3.05, 3.63) is 35.1 Å². The van der Waals surface area contributed by atoms with Crippen molar-refractivity contribution in [1.82, 2.24) is 5.32 Å². The average Bonchev–Trinajstić information content (AvgIpc) is 3.15. The number of benzene rings is 1. The van der Waals surface area contributed by atoms with Gasteiger partial charge < -0.3 is 35.2 Å². The number of aliphatic hydroxyl groups is 2. The van der Waals surface area contributed by atoms with Crippen LogP contribution in [0.15, 0.2) is 24.0 Å². The number of aromatic hydroxyl groups is 1. The number of nitrogens with one attached hydrogen (secondary N) is 1. The van der Waals surface area contributed by atoms with E-state index in [0.29, 0.717) is 18.6 Å². The SMILES string of the molecule is CC1CC[C@]23c4c5ccc(O)c4O[C@H]2C(OC(=O)[C@H](C)NC(=O)C[C@H](O)C(=O)O)=CC[C@@]3(O)[C@H]1C5. The number of carbonyl (C=O) groups excluding carboxylic acids is 2. The number of phenolic OH excluding ortho intramolecular Hbond substituents is 1. The minimum atomic E-state index is -1.88. The van der Waals surface area contributed by atoms with Gasteiger partial charge in [0.1, 0.15) is 11.8 Å².